The molecule has 0 aliphatic carbocycles. The molecule has 0 aromatic heterocycles. The van der Waals surface area contributed by atoms with Crippen LogP contribution in [0.1, 0.15) is 0 Å². The summed E-state index contributed by atoms with van der Waals surface area (Å²) in [6, 6.07) is 0. The number of hydrogen-bond donors (Lipinski definition) is 0. The Balaban J connectivity index is 0. The Morgan fingerprint density at radius 2 is 0.933 bits per heavy atom. The van der Waals surface area contributed by atoms with Gasteiger partial charge >= 0.3 is 52.2 Å². The van der Waals surface area contributed by atoms with E-state index in [0.29, 0.717) is 0 Å². The fourth-order valence-corrected chi connectivity index (χ4v) is 0.582. The van der Waals surface area contributed by atoms with E-state index in [1.54, 1.807) is 0 Å². The molecular formula is C4HCl2F8Na. The molecule has 0 radical (unpaired) electrons. The van der Waals surface area contributed by atoms with Gasteiger partial charge in [0.25, 0.3) is 0 Å². The molecule has 0 N–H and O–H groups in total. The van der Waals surface area contributed by atoms with Crippen molar-refractivity contribution in [1.29, 1.82) is 0 Å². The third-order valence-electron chi connectivity index (χ3n) is 1.11. The van der Waals surface area contributed by atoms with Gasteiger partial charge in [0.15, 0.2) is 0 Å². The van der Waals surface area contributed by atoms with Crippen LogP contribution in [0.15, 0.2) is 0 Å². The summed E-state index contributed by atoms with van der Waals surface area (Å²) in [5, 5.41) is -11.3. The van der Waals surface area contributed by atoms with E-state index in [2.05, 4.69) is 23.2 Å². The zero-order valence-corrected chi connectivity index (χ0v) is 7.29. The predicted molar refractivity (Wildman–Crippen MR) is 38.6 cm³/mol. The maximum atomic E-state index is 12.3. The Morgan fingerprint density at radius 1 is 0.667 bits per heavy atom. The molecule has 1 atom stereocenters. The summed E-state index contributed by atoms with van der Waals surface area (Å²) in [6.07, 6.45) is -6.57. The van der Waals surface area contributed by atoms with Crippen LogP contribution >= 0.6 is 23.2 Å². The summed E-state index contributed by atoms with van der Waals surface area (Å²) in [5.41, 5.74) is 0. The molecule has 0 fully saturated rings. The van der Waals surface area contributed by atoms with Gasteiger partial charge in [-0.15, -0.1) is 0 Å². The van der Waals surface area contributed by atoms with E-state index in [1.807, 2.05) is 0 Å². The Labute approximate surface area is 110 Å². The number of halogens is 10. The normalized spacial score (nSPS) is 18.0. The molecule has 0 amide bonds. The van der Waals surface area contributed by atoms with Gasteiger partial charge in [-0.25, -0.2) is 4.39 Å². The van der Waals surface area contributed by atoms with Crippen molar-refractivity contribution in [3.63, 3.8) is 0 Å². The van der Waals surface area contributed by atoms with E-state index in [1.165, 1.54) is 0 Å². The minimum absolute atomic E-state index is 0. The third kappa shape index (κ3) is 3.24. The molecule has 88 valence electrons. The number of rotatable bonds is 2. The van der Waals surface area contributed by atoms with Crippen LogP contribution in [-0.2, 0) is 0 Å². The zero-order chi connectivity index (χ0) is 12.0. The maximum absolute atomic E-state index is 12.3. The second-order valence-corrected chi connectivity index (χ2v) is 3.14. The predicted octanol–water partition coefficient (Wildman–Crippen LogP) is 3.27. The molecule has 0 aromatic carbocycles. The van der Waals surface area contributed by atoms with Crippen LogP contribution in [0.3, 0.4) is 0 Å². The monoisotopic (exact) mass is 294 g/mol. The summed E-state index contributed by atoms with van der Waals surface area (Å²) >= 11 is 7.47. The quantitative estimate of drug-likeness (QED) is 0.417. The topological polar surface area (TPSA) is 0 Å². The first-order valence-electron chi connectivity index (χ1n) is 2.64. The van der Waals surface area contributed by atoms with Gasteiger partial charge < -0.3 is 0 Å². The Bertz CT molecular complexity index is 194. The van der Waals surface area contributed by atoms with Gasteiger partial charge in [0, 0.05) is 0 Å². The van der Waals surface area contributed by atoms with Crippen molar-refractivity contribution in [2.45, 2.75) is 22.6 Å². The fraction of sp³-hybridized carbons (Fsp3) is 1.00. The van der Waals surface area contributed by atoms with Crippen LogP contribution < -0.4 is 0 Å². The third-order valence-corrected chi connectivity index (χ3v) is 1.94. The van der Waals surface area contributed by atoms with Crippen LogP contribution in [-0.4, -0.2) is 52.2 Å². The standard InChI is InChI=1S/C4Cl2F8.Na.H/c5-1(7,3(6,10)11)2(8,9)4(12,13)14;;. The van der Waals surface area contributed by atoms with E-state index >= 15 is 0 Å². The Kier molecular flexibility index (Phi) is 5.78. The van der Waals surface area contributed by atoms with Crippen LogP contribution in [0, 0.1) is 0 Å². The average Bonchev–Trinajstić information content (AvgIpc) is 1.81. The summed E-state index contributed by atoms with van der Waals surface area (Å²) in [5.74, 6) is -6.47. The molecule has 0 rings (SSSR count). The molecule has 0 saturated carbocycles. The Hall–Kier alpha value is 1.02. The summed E-state index contributed by atoms with van der Waals surface area (Å²) < 4.78 is 94.1. The van der Waals surface area contributed by atoms with E-state index in [4.69, 9.17) is 0 Å². The molecule has 1 unspecified atom stereocenters. The van der Waals surface area contributed by atoms with Gasteiger partial charge in [-0.05, 0) is 11.6 Å². The molecule has 0 spiro atoms. The van der Waals surface area contributed by atoms with Crippen LogP contribution in [0.2, 0.25) is 0 Å². The second-order valence-electron chi connectivity index (χ2n) is 2.14. The molecule has 0 aliphatic rings. The SMILES string of the molecule is FC(F)(F)C(F)(F)C(F)(Cl)C(F)(F)Cl.[NaH]. The second kappa shape index (κ2) is 4.72. The van der Waals surface area contributed by atoms with E-state index in [-0.39, 0.29) is 29.6 Å². The molecule has 0 aliphatic heterocycles. The molecular weight excluding hydrogens is 294 g/mol. The molecule has 0 bridgehead atoms. The van der Waals surface area contributed by atoms with E-state index < -0.39 is 22.6 Å². The molecule has 11 heteroatoms. The molecule has 0 heterocycles. The summed E-state index contributed by atoms with van der Waals surface area (Å²) in [6.45, 7) is 0. The molecule has 0 aromatic rings. The molecule has 0 saturated heterocycles. The van der Waals surface area contributed by atoms with Crippen molar-refractivity contribution in [1.82, 2.24) is 0 Å². The fourth-order valence-electron chi connectivity index (χ4n) is 0.356. The van der Waals surface area contributed by atoms with E-state index in [9.17, 15) is 35.1 Å². The van der Waals surface area contributed by atoms with Gasteiger partial charge in [-0.2, -0.15) is 30.7 Å². The van der Waals surface area contributed by atoms with Gasteiger partial charge in [0.2, 0.25) is 0 Å². The van der Waals surface area contributed by atoms with Crippen molar-refractivity contribution in [3.05, 3.63) is 0 Å². The Morgan fingerprint density at radius 3 is 1.00 bits per heavy atom. The average molecular weight is 295 g/mol. The van der Waals surface area contributed by atoms with Crippen LogP contribution in [0.5, 0.6) is 0 Å². The van der Waals surface area contributed by atoms with Crippen molar-refractivity contribution in [3.8, 4) is 0 Å². The van der Waals surface area contributed by atoms with Gasteiger partial charge in [0.05, 0.1) is 0 Å². The van der Waals surface area contributed by atoms with Crippen molar-refractivity contribution < 1.29 is 35.1 Å². The van der Waals surface area contributed by atoms with Crippen molar-refractivity contribution >= 4 is 52.8 Å². The van der Waals surface area contributed by atoms with Gasteiger partial charge in [0.1, 0.15) is 0 Å². The van der Waals surface area contributed by atoms with Crippen LogP contribution in [0.25, 0.3) is 0 Å². The molecule has 15 heavy (non-hydrogen) atoms. The first-order chi connectivity index (χ1) is 5.75. The van der Waals surface area contributed by atoms with Crippen molar-refractivity contribution in [2.24, 2.45) is 0 Å². The summed E-state index contributed by atoms with van der Waals surface area (Å²) in [4.78, 5) is 0. The first kappa shape index (κ1) is 18.4. The van der Waals surface area contributed by atoms with Gasteiger partial charge in [-0.1, -0.05) is 11.6 Å². The van der Waals surface area contributed by atoms with E-state index in [0.717, 1.165) is 0 Å². The minimum atomic E-state index is -6.57. The number of alkyl halides is 10. The number of hydrogen-bond acceptors (Lipinski definition) is 0. The van der Waals surface area contributed by atoms with Gasteiger partial charge in [-0.3, -0.25) is 0 Å². The van der Waals surface area contributed by atoms with Crippen LogP contribution in [0.4, 0.5) is 35.1 Å². The zero-order valence-electron chi connectivity index (χ0n) is 5.78. The first-order valence-corrected chi connectivity index (χ1v) is 3.40. The van der Waals surface area contributed by atoms with Crippen molar-refractivity contribution in [2.75, 3.05) is 0 Å². The molecule has 0 nitrogen and oxygen atoms in total. The summed E-state index contributed by atoms with van der Waals surface area (Å²) in [7, 11) is 0.